The second kappa shape index (κ2) is 7.82. The molecule has 1 aromatic heterocycles. The second-order valence-corrected chi connectivity index (χ2v) is 6.34. The lowest BCUT2D eigenvalue weighted by Crippen LogP contribution is -2.31. The van der Waals surface area contributed by atoms with Crippen LogP contribution in [-0.4, -0.2) is 40.1 Å². The predicted octanol–water partition coefficient (Wildman–Crippen LogP) is 2.35. The maximum atomic E-state index is 12.3. The van der Waals surface area contributed by atoms with E-state index in [2.05, 4.69) is 10.4 Å². The molecule has 0 atom stereocenters. The van der Waals surface area contributed by atoms with Crippen LogP contribution in [0.5, 0.6) is 0 Å². The van der Waals surface area contributed by atoms with Crippen LogP contribution in [0.4, 0.5) is 0 Å². The molecular weight excluding hydrogens is 328 g/mol. The fourth-order valence-electron chi connectivity index (χ4n) is 2.82. The minimum absolute atomic E-state index is 0.0207. The van der Waals surface area contributed by atoms with Gasteiger partial charge in [-0.05, 0) is 22.9 Å². The minimum atomic E-state index is -0.168. The normalized spacial score (nSPS) is 10.7. The fourth-order valence-corrected chi connectivity index (χ4v) is 2.82. The average Bonchev–Trinajstić information content (AvgIpc) is 3.05. The Hall–Kier alpha value is -3.15. The summed E-state index contributed by atoms with van der Waals surface area (Å²) in [5, 5.41) is 9.02. The Balaban J connectivity index is 1.49. The van der Waals surface area contributed by atoms with E-state index in [1.54, 1.807) is 28.9 Å². The highest BCUT2D eigenvalue weighted by Gasteiger charge is 2.11. The topological polar surface area (TPSA) is 67.2 Å². The van der Waals surface area contributed by atoms with Gasteiger partial charge in [-0.3, -0.25) is 14.3 Å². The number of carbonyl (C=O) groups is 2. The fraction of sp³-hybridized carbons (Fsp3) is 0.250. The largest absolute Gasteiger partial charge is 0.352 e. The number of nitrogens with one attached hydrogen (secondary N) is 1. The molecule has 0 bridgehead atoms. The summed E-state index contributed by atoms with van der Waals surface area (Å²) in [6.07, 6.45) is 3.88. The number of amides is 2. The molecule has 0 aliphatic heterocycles. The lowest BCUT2D eigenvalue weighted by molar-refractivity contribution is -0.130. The van der Waals surface area contributed by atoms with Crippen molar-refractivity contribution in [3.05, 3.63) is 66.0 Å². The summed E-state index contributed by atoms with van der Waals surface area (Å²) in [6.45, 7) is 0.813. The molecular formula is C20H22N4O2. The van der Waals surface area contributed by atoms with Gasteiger partial charge in [-0.25, -0.2) is 0 Å². The molecule has 0 unspecified atom stereocenters. The van der Waals surface area contributed by atoms with E-state index in [1.807, 2.05) is 49.6 Å². The molecule has 1 heterocycles. The van der Waals surface area contributed by atoms with Crippen molar-refractivity contribution in [3.63, 3.8) is 0 Å². The molecule has 2 aromatic carbocycles. The highest BCUT2D eigenvalue weighted by molar-refractivity contribution is 5.98. The van der Waals surface area contributed by atoms with Crippen LogP contribution in [0.1, 0.15) is 22.3 Å². The molecule has 1 N–H and O–H groups in total. The molecule has 0 aliphatic rings. The number of rotatable bonds is 6. The van der Waals surface area contributed by atoms with Gasteiger partial charge in [-0.15, -0.1) is 0 Å². The van der Waals surface area contributed by atoms with Gasteiger partial charge in [0.15, 0.2) is 0 Å². The van der Waals surface area contributed by atoms with Crippen molar-refractivity contribution in [3.8, 4) is 0 Å². The first kappa shape index (κ1) is 17.7. The zero-order chi connectivity index (χ0) is 18.5. The van der Waals surface area contributed by atoms with Crippen LogP contribution in [0.25, 0.3) is 10.8 Å². The first-order chi connectivity index (χ1) is 12.5. The van der Waals surface area contributed by atoms with Crippen molar-refractivity contribution in [2.75, 3.05) is 13.6 Å². The molecule has 6 nitrogen and oxygen atoms in total. The van der Waals surface area contributed by atoms with E-state index in [1.165, 1.54) is 0 Å². The van der Waals surface area contributed by atoms with Crippen LogP contribution >= 0.6 is 0 Å². The van der Waals surface area contributed by atoms with Crippen LogP contribution in [0, 0.1) is 0 Å². The SMILES string of the molecule is CN(Cc1cnn(C)c1)C(=O)CCNC(=O)c1ccc2ccccc2c1. The van der Waals surface area contributed by atoms with Gasteiger partial charge in [-0.1, -0.05) is 30.3 Å². The Morgan fingerprint density at radius 3 is 2.65 bits per heavy atom. The number of carbonyl (C=O) groups excluding carboxylic acids is 2. The van der Waals surface area contributed by atoms with Gasteiger partial charge in [0, 0.05) is 50.9 Å². The molecule has 0 saturated carbocycles. The van der Waals surface area contributed by atoms with Gasteiger partial charge in [0.1, 0.15) is 0 Å². The van der Waals surface area contributed by atoms with Gasteiger partial charge in [0.2, 0.25) is 5.91 Å². The van der Waals surface area contributed by atoms with Gasteiger partial charge in [0.25, 0.3) is 5.91 Å². The summed E-state index contributed by atoms with van der Waals surface area (Å²) >= 11 is 0. The van der Waals surface area contributed by atoms with Crippen LogP contribution in [0.15, 0.2) is 54.9 Å². The quantitative estimate of drug-likeness (QED) is 0.742. The van der Waals surface area contributed by atoms with Crippen LogP contribution in [-0.2, 0) is 18.4 Å². The molecule has 2 amide bonds. The average molecular weight is 350 g/mol. The summed E-state index contributed by atoms with van der Waals surface area (Å²) in [6, 6.07) is 13.5. The number of aryl methyl sites for hydroxylation is 1. The third-order valence-corrected chi connectivity index (χ3v) is 4.24. The third kappa shape index (κ3) is 4.27. The third-order valence-electron chi connectivity index (χ3n) is 4.24. The van der Waals surface area contributed by atoms with E-state index in [0.717, 1.165) is 16.3 Å². The van der Waals surface area contributed by atoms with Crippen LogP contribution < -0.4 is 5.32 Å². The van der Waals surface area contributed by atoms with Crippen LogP contribution in [0.3, 0.4) is 0 Å². The summed E-state index contributed by atoms with van der Waals surface area (Å²) in [7, 11) is 3.59. The molecule has 3 aromatic rings. The summed E-state index contributed by atoms with van der Waals surface area (Å²) in [5.74, 6) is -0.189. The van der Waals surface area contributed by atoms with E-state index in [0.29, 0.717) is 18.7 Å². The van der Waals surface area contributed by atoms with Crippen LogP contribution in [0.2, 0.25) is 0 Å². The maximum Gasteiger partial charge on any atom is 0.251 e. The van der Waals surface area contributed by atoms with E-state index in [4.69, 9.17) is 0 Å². The van der Waals surface area contributed by atoms with Gasteiger partial charge in [-0.2, -0.15) is 5.10 Å². The van der Waals surface area contributed by atoms with Crippen molar-refractivity contribution >= 4 is 22.6 Å². The highest BCUT2D eigenvalue weighted by Crippen LogP contribution is 2.15. The zero-order valence-corrected chi connectivity index (χ0v) is 15.0. The number of benzene rings is 2. The van der Waals surface area contributed by atoms with Crippen molar-refractivity contribution < 1.29 is 9.59 Å². The van der Waals surface area contributed by atoms with Crippen molar-refractivity contribution in [2.45, 2.75) is 13.0 Å². The van der Waals surface area contributed by atoms with Crippen molar-refractivity contribution in [2.24, 2.45) is 7.05 Å². The first-order valence-electron chi connectivity index (χ1n) is 8.51. The van der Waals surface area contributed by atoms with E-state index in [-0.39, 0.29) is 18.2 Å². The smallest absolute Gasteiger partial charge is 0.251 e. The Morgan fingerprint density at radius 2 is 1.92 bits per heavy atom. The standard InChI is InChI=1S/C20H22N4O2/c1-23(13-15-12-22-24(2)14-15)19(25)9-10-21-20(26)18-8-7-16-5-3-4-6-17(16)11-18/h3-8,11-12,14H,9-10,13H2,1-2H3,(H,21,26). The number of aromatic nitrogens is 2. The Kier molecular flexibility index (Phi) is 5.31. The molecule has 26 heavy (non-hydrogen) atoms. The number of nitrogens with zero attached hydrogens (tertiary/aromatic N) is 3. The van der Waals surface area contributed by atoms with Crippen molar-refractivity contribution in [1.29, 1.82) is 0 Å². The highest BCUT2D eigenvalue weighted by atomic mass is 16.2. The van der Waals surface area contributed by atoms with E-state index >= 15 is 0 Å². The van der Waals surface area contributed by atoms with E-state index < -0.39 is 0 Å². The van der Waals surface area contributed by atoms with E-state index in [9.17, 15) is 9.59 Å². The molecule has 0 radical (unpaired) electrons. The Morgan fingerprint density at radius 1 is 1.15 bits per heavy atom. The Labute approximate surface area is 152 Å². The molecule has 134 valence electrons. The van der Waals surface area contributed by atoms with Gasteiger partial charge >= 0.3 is 0 Å². The lowest BCUT2D eigenvalue weighted by atomic mass is 10.1. The second-order valence-electron chi connectivity index (χ2n) is 6.34. The Bertz CT molecular complexity index is 932. The maximum absolute atomic E-state index is 12.3. The van der Waals surface area contributed by atoms with Gasteiger partial charge in [0.05, 0.1) is 6.20 Å². The summed E-state index contributed by atoms with van der Waals surface area (Å²) in [5.41, 5.74) is 1.57. The van der Waals surface area contributed by atoms with Gasteiger partial charge < -0.3 is 10.2 Å². The molecule has 0 fully saturated rings. The predicted molar refractivity (Wildman–Crippen MR) is 101 cm³/mol. The number of hydrogen-bond donors (Lipinski definition) is 1. The van der Waals surface area contributed by atoms with Crippen molar-refractivity contribution in [1.82, 2.24) is 20.0 Å². The molecule has 0 aliphatic carbocycles. The molecule has 3 rings (SSSR count). The lowest BCUT2D eigenvalue weighted by Gasteiger charge is -2.16. The molecule has 6 heteroatoms. The summed E-state index contributed by atoms with van der Waals surface area (Å²) < 4.78 is 1.71. The first-order valence-corrected chi connectivity index (χ1v) is 8.51. The minimum Gasteiger partial charge on any atom is -0.352 e. The summed E-state index contributed by atoms with van der Waals surface area (Å²) in [4.78, 5) is 26.1. The number of fused-ring (bicyclic) bond motifs is 1. The molecule has 0 spiro atoms. The number of hydrogen-bond acceptors (Lipinski definition) is 3. The molecule has 0 saturated heterocycles. The zero-order valence-electron chi connectivity index (χ0n) is 15.0. The monoisotopic (exact) mass is 350 g/mol.